The minimum Gasteiger partial charge on any atom is -0.296 e. The fourth-order valence-corrected chi connectivity index (χ4v) is 2.67. The quantitative estimate of drug-likeness (QED) is 0.794. The van der Waals surface area contributed by atoms with Crippen molar-refractivity contribution in [2.75, 3.05) is 5.32 Å². The molecule has 5 nitrogen and oxygen atoms in total. The van der Waals surface area contributed by atoms with Gasteiger partial charge in [0, 0.05) is 6.20 Å². The van der Waals surface area contributed by atoms with E-state index in [4.69, 9.17) is 11.6 Å². The zero-order chi connectivity index (χ0) is 15.5. The second-order valence-electron chi connectivity index (χ2n) is 4.21. The summed E-state index contributed by atoms with van der Waals surface area (Å²) in [6.45, 7) is 0. The normalized spacial score (nSPS) is 10.5. The first-order valence-electron chi connectivity index (χ1n) is 6.15. The molecule has 0 bridgehead atoms. The van der Waals surface area contributed by atoms with E-state index in [1.165, 1.54) is 23.5 Å². The summed E-state index contributed by atoms with van der Waals surface area (Å²) in [7, 11) is 0. The van der Waals surface area contributed by atoms with Crippen LogP contribution >= 0.6 is 22.9 Å². The molecule has 110 valence electrons. The van der Waals surface area contributed by atoms with Gasteiger partial charge in [0.2, 0.25) is 5.13 Å². The Morgan fingerprint density at radius 1 is 1.23 bits per heavy atom. The summed E-state index contributed by atoms with van der Waals surface area (Å²) < 4.78 is 13.0. The Balaban J connectivity index is 1.79. The topological polar surface area (TPSA) is 67.8 Å². The Hall–Kier alpha value is -2.38. The minimum absolute atomic E-state index is 0.0342. The van der Waals surface area contributed by atoms with Crippen LogP contribution < -0.4 is 5.32 Å². The van der Waals surface area contributed by atoms with E-state index >= 15 is 0 Å². The molecule has 1 N–H and O–H groups in total. The van der Waals surface area contributed by atoms with Crippen LogP contribution in [0.15, 0.2) is 42.6 Å². The molecule has 8 heteroatoms. The Morgan fingerprint density at radius 3 is 2.82 bits per heavy atom. The van der Waals surface area contributed by atoms with Gasteiger partial charge < -0.3 is 0 Å². The van der Waals surface area contributed by atoms with Crippen molar-refractivity contribution in [1.82, 2.24) is 15.2 Å². The van der Waals surface area contributed by atoms with Gasteiger partial charge in [-0.3, -0.25) is 15.1 Å². The standard InChI is InChI=1S/C14H8ClFN4OS/c15-10-7-8(16)4-5-9(10)12(21)18-14-20-19-13(22-14)11-3-1-2-6-17-11/h1-7H,(H,18,20,21). The number of carbonyl (C=O) groups is 1. The van der Waals surface area contributed by atoms with Gasteiger partial charge in [-0.15, -0.1) is 10.2 Å². The summed E-state index contributed by atoms with van der Waals surface area (Å²) >= 11 is 7.03. The highest BCUT2D eigenvalue weighted by atomic mass is 35.5. The van der Waals surface area contributed by atoms with Gasteiger partial charge in [-0.05, 0) is 30.3 Å². The molecule has 2 heterocycles. The lowest BCUT2D eigenvalue weighted by atomic mass is 10.2. The lowest BCUT2D eigenvalue weighted by molar-refractivity contribution is 0.102. The number of nitrogens with one attached hydrogen (secondary N) is 1. The molecule has 3 aromatic rings. The van der Waals surface area contributed by atoms with E-state index in [1.54, 1.807) is 18.3 Å². The van der Waals surface area contributed by atoms with E-state index in [1.807, 2.05) is 6.07 Å². The second kappa shape index (κ2) is 6.17. The van der Waals surface area contributed by atoms with Gasteiger partial charge in [0.25, 0.3) is 5.91 Å². The molecule has 22 heavy (non-hydrogen) atoms. The molecule has 0 aliphatic heterocycles. The smallest absolute Gasteiger partial charge is 0.259 e. The van der Waals surface area contributed by atoms with Crippen molar-refractivity contribution in [3.8, 4) is 10.7 Å². The third kappa shape index (κ3) is 3.10. The van der Waals surface area contributed by atoms with E-state index in [2.05, 4.69) is 20.5 Å². The molecule has 1 aromatic carbocycles. The molecule has 0 unspecified atom stereocenters. The molecule has 0 aliphatic carbocycles. The van der Waals surface area contributed by atoms with Crippen molar-refractivity contribution in [1.29, 1.82) is 0 Å². The molecule has 1 amide bonds. The SMILES string of the molecule is O=C(Nc1nnc(-c2ccccn2)s1)c1ccc(F)cc1Cl. The third-order valence-electron chi connectivity index (χ3n) is 2.71. The maximum absolute atomic E-state index is 13.0. The molecule has 0 atom stereocenters. The van der Waals surface area contributed by atoms with Crippen LogP contribution in [0.1, 0.15) is 10.4 Å². The van der Waals surface area contributed by atoms with E-state index in [0.29, 0.717) is 15.8 Å². The lowest BCUT2D eigenvalue weighted by Gasteiger charge is -2.03. The van der Waals surface area contributed by atoms with Gasteiger partial charge in [0.15, 0.2) is 5.01 Å². The Bertz CT molecular complexity index is 825. The van der Waals surface area contributed by atoms with Crippen molar-refractivity contribution in [2.24, 2.45) is 0 Å². The zero-order valence-corrected chi connectivity index (χ0v) is 12.5. The van der Waals surface area contributed by atoms with E-state index in [-0.39, 0.29) is 10.6 Å². The number of anilines is 1. The lowest BCUT2D eigenvalue weighted by Crippen LogP contribution is -2.12. The molecular formula is C14H8ClFN4OS. The monoisotopic (exact) mass is 334 g/mol. The van der Waals surface area contributed by atoms with Gasteiger partial charge in [-0.1, -0.05) is 29.0 Å². The molecule has 0 fully saturated rings. The number of pyridine rings is 1. The fourth-order valence-electron chi connectivity index (χ4n) is 1.70. The van der Waals surface area contributed by atoms with Crippen LogP contribution in [0.4, 0.5) is 9.52 Å². The fraction of sp³-hybridized carbons (Fsp3) is 0. The number of hydrogen-bond acceptors (Lipinski definition) is 5. The van der Waals surface area contributed by atoms with Crippen LogP contribution in [-0.2, 0) is 0 Å². The molecular weight excluding hydrogens is 327 g/mol. The molecule has 0 saturated carbocycles. The molecule has 0 radical (unpaired) electrons. The summed E-state index contributed by atoms with van der Waals surface area (Å²) in [5, 5.41) is 11.4. The van der Waals surface area contributed by atoms with Crippen LogP contribution in [0.3, 0.4) is 0 Å². The van der Waals surface area contributed by atoms with Crippen molar-refractivity contribution in [3.63, 3.8) is 0 Å². The van der Waals surface area contributed by atoms with Gasteiger partial charge in [0.1, 0.15) is 11.5 Å². The summed E-state index contributed by atoms with van der Waals surface area (Å²) in [4.78, 5) is 16.3. The Morgan fingerprint density at radius 2 is 2.09 bits per heavy atom. The third-order valence-corrected chi connectivity index (χ3v) is 3.88. The first-order valence-corrected chi connectivity index (χ1v) is 7.34. The second-order valence-corrected chi connectivity index (χ2v) is 5.59. The van der Waals surface area contributed by atoms with E-state index < -0.39 is 11.7 Å². The summed E-state index contributed by atoms with van der Waals surface area (Å²) in [6.07, 6.45) is 1.65. The van der Waals surface area contributed by atoms with Gasteiger partial charge in [-0.25, -0.2) is 4.39 Å². The van der Waals surface area contributed by atoms with Crippen molar-refractivity contribution in [3.05, 3.63) is 59.0 Å². The maximum Gasteiger partial charge on any atom is 0.259 e. The molecule has 0 spiro atoms. The minimum atomic E-state index is -0.505. The van der Waals surface area contributed by atoms with Crippen molar-refractivity contribution >= 4 is 34.0 Å². The van der Waals surface area contributed by atoms with Crippen LogP contribution in [0.2, 0.25) is 5.02 Å². The number of hydrogen-bond donors (Lipinski definition) is 1. The largest absolute Gasteiger partial charge is 0.296 e. The summed E-state index contributed by atoms with van der Waals surface area (Å²) in [5.41, 5.74) is 0.831. The molecule has 0 aliphatic rings. The maximum atomic E-state index is 13.0. The van der Waals surface area contributed by atoms with E-state index in [9.17, 15) is 9.18 Å². The Labute approximate surface area is 133 Å². The average Bonchev–Trinajstić information content (AvgIpc) is 2.96. The number of benzene rings is 1. The highest BCUT2D eigenvalue weighted by Gasteiger charge is 2.14. The van der Waals surface area contributed by atoms with Crippen molar-refractivity contribution in [2.45, 2.75) is 0 Å². The first-order chi connectivity index (χ1) is 10.6. The number of nitrogens with zero attached hydrogens (tertiary/aromatic N) is 3. The van der Waals surface area contributed by atoms with Gasteiger partial charge >= 0.3 is 0 Å². The number of aromatic nitrogens is 3. The van der Waals surface area contributed by atoms with Crippen LogP contribution in [0, 0.1) is 5.82 Å². The predicted octanol–water partition coefficient (Wildman–Crippen LogP) is 3.64. The van der Waals surface area contributed by atoms with Crippen LogP contribution in [0.25, 0.3) is 10.7 Å². The van der Waals surface area contributed by atoms with Gasteiger partial charge in [-0.2, -0.15) is 0 Å². The summed E-state index contributed by atoms with van der Waals surface area (Å²) in [6, 6.07) is 8.98. The van der Waals surface area contributed by atoms with E-state index in [0.717, 1.165) is 6.07 Å². The summed E-state index contributed by atoms with van der Waals surface area (Å²) in [5.74, 6) is -0.983. The number of carbonyl (C=O) groups excluding carboxylic acids is 1. The Kier molecular flexibility index (Phi) is 4.08. The molecule has 3 rings (SSSR count). The highest BCUT2D eigenvalue weighted by molar-refractivity contribution is 7.18. The number of rotatable bonds is 3. The highest BCUT2D eigenvalue weighted by Crippen LogP contribution is 2.25. The van der Waals surface area contributed by atoms with Crippen LogP contribution in [-0.4, -0.2) is 21.1 Å². The number of amides is 1. The first kappa shape index (κ1) is 14.6. The molecule has 0 saturated heterocycles. The van der Waals surface area contributed by atoms with Crippen molar-refractivity contribution < 1.29 is 9.18 Å². The molecule has 2 aromatic heterocycles. The zero-order valence-electron chi connectivity index (χ0n) is 11.0. The predicted molar refractivity (Wildman–Crippen MR) is 82.5 cm³/mol. The average molecular weight is 335 g/mol. The van der Waals surface area contributed by atoms with Crippen LogP contribution in [0.5, 0.6) is 0 Å². The number of halogens is 2. The van der Waals surface area contributed by atoms with Gasteiger partial charge in [0.05, 0.1) is 10.6 Å².